The maximum atomic E-state index is 13.8. The Kier molecular flexibility index (Phi) is 3.62. The van der Waals surface area contributed by atoms with Gasteiger partial charge in [-0.2, -0.15) is 0 Å². The van der Waals surface area contributed by atoms with Crippen LogP contribution >= 0.6 is 0 Å². The van der Waals surface area contributed by atoms with Crippen molar-refractivity contribution in [3.05, 3.63) is 36.0 Å². The molecule has 1 heterocycles. The summed E-state index contributed by atoms with van der Waals surface area (Å²) >= 11 is 0. The van der Waals surface area contributed by atoms with Gasteiger partial charge in [0.25, 0.3) is 0 Å². The molecular formula is C13H16FN3O. The summed E-state index contributed by atoms with van der Waals surface area (Å²) in [5, 5.41) is 0. The summed E-state index contributed by atoms with van der Waals surface area (Å²) in [4.78, 5) is 4.18. The second kappa shape index (κ2) is 5.18. The zero-order chi connectivity index (χ0) is 13.1. The van der Waals surface area contributed by atoms with E-state index in [1.54, 1.807) is 12.3 Å². The largest absolute Gasteiger partial charge is 0.491 e. The molecule has 2 N–H and O–H groups in total. The molecule has 5 heteroatoms. The van der Waals surface area contributed by atoms with Crippen LogP contribution < -0.4 is 10.5 Å². The Bertz CT molecular complexity index is 551. The van der Waals surface area contributed by atoms with Crippen molar-refractivity contribution in [2.45, 2.75) is 13.5 Å². The molecule has 96 valence electrons. The Morgan fingerprint density at radius 2 is 2.22 bits per heavy atom. The fraction of sp³-hybridized carbons (Fsp3) is 0.308. The van der Waals surface area contributed by atoms with Gasteiger partial charge in [0.05, 0.1) is 25.0 Å². The number of hydrogen-bond acceptors (Lipinski definition) is 3. The van der Waals surface area contributed by atoms with Gasteiger partial charge in [0.15, 0.2) is 11.6 Å². The first-order valence-corrected chi connectivity index (χ1v) is 5.80. The van der Waals surface area contributed by atoms with Crippen LogP contribution in [0.4, 0.5) is 4.39 Å². The molecule has 0 bridgehead atoms. The fourth-order valence-electron chi connectivity index (χ4n) is 1.84. The Balaban J connectivity index is 2.39. The Hall–Kier alpha value is -1.88. The summed E-state index contributed by atoms with van der Waals surface area (Å²) in [7, 11) is 1.86. The lowest BCUT2D eigenvalue weighted by Gasteiger charge is -2.08. The molecule has 0 fully saturated rings. The first-order chi connectivity index (χ1) is 8.67. The molecule has 0 spiro atoms. The third-order valence-electron chi connectivity index (χ3n) is 2.79. The van der Waals surface area contributed by atoms with Gasteiger partial charge in [-0.3, -0.25) is 0 Å². The first-order valence-electron chi connectivity index (χ1n) is 5.80. The SMILES string of the molecule is CCOc1ccc(-c2cnc(CN)n2C)cc1F. The number of aromatic nitrogens is 2. The summed E-state index contributed by atoms with van der Waals surface area (Å²) in [6.07, 6.45) is 1.69. The molecule has 0 radical (unpaired) electrons. The molecule has 1 aromatic heterocycles. The van der Waals surface area contributed by atoms with Crippen molar-refractivity contribution in [3.8, 4) is 17.0 Å². The van der Waals surface area contributed by atoms with Crippen LogP contribution in [0.2, 0.25) is 0 Å². The van der Waals surface area contributed by atoms with Crippen LogP contribution in [0, 0.1) is 5.82 Å². The number of ether oxygens (including phenoxy) is 1. The molecule has 0 unspecified atom stereocenters. The number of imidazole rings is 1. The molecule has 0 aliphatic rings. The van der Waals surface area contributed by atoms with Crippen LogP contribution in [0.1, 0.15) is 12.7 Å². The number of benzene rings is 1. The highest BCUT2D eigenvalue weighted by atomic mass is 19.1. The van der Waals surface area contributed by atoms with Gasteiger partial charge >= 0.3 is 0 Å². The maximum Gasteiger partial charge on any atom is 0.165 e. The van der Waals surface area contributed by atoms with Crippen molar-refractivity contribution in [3.63, 3.8) is 0 Å². The Morgan fingerprint density at radius 3 is 2.78 bits per heavy atom. The number of nitrogens with two attached hydrogens (primary N) is 1. The minimum Gasteiger partial charge on any atom is -0.491 e. The second-order valence-electron chi connectivity index (χ2n) is 3.90. The molecule has 0 saturated heterocycles. The average Bonchev–Trinajstić information content (AvgIpc) is 2.73. The van der Waals surface area contributed by atoms with Crippen molar-refractivity contribution in [1.29, 1.82) is 0 Å². The second-order valence-corrected chi connectivity index (χ2v) is 3.90. The number of hydrogen-bond donors (Lipinski definition) is 1. The van der Waals surface area contributed by atoms with Crippen molar-refractivity contribution >= 4 is 0 Å². The average molecular weight is 249 g/mol. The molecule has 1 aromatic carbocycles. The zero-order valence-corrected chi connectivity index (χ0v) is 10.5. The predicted molar refractivity (Wildman–Crippen MR) is 67.7 cm³/mol. The predicted octanol–water partition coefficient (Wildman–Crippen LogP) is 2.08. The number of nitrogens with zero attached hydrogens (tertiary/aromatic N) is 2. The summed E-state index contributed by atoms with van der Waals surface area (Å²) in [5.74, 6) is 0.659. The van der Waals surface area contributed by atoms with E-state index in [1.807, 2.05) is 24.6 Å². The summed E-state index contributed by atoms with van der Waals surface area (Å²) in [6, 6.07) is 4.89. The van der Waals surface area contributed by atoms with Gasteiger partial charge in [-0.15, -0.1) is 0 Å². The van der Waals surface area contributed by atoms with Crippen LogP contribution in [0.3, 0.4) is 0 Å². The van der Waals surface area contributed by atoms with Gasteiger partial charge in [0.2, 0.25) is 0 Å². The third kappa shape index (κ3) is 2.22. The molecule has 2 aromatic rings. The van der Waals surface area contributed by atoms with Crippen LogP contribution in [0.15, 0.2) is 24.4 Å². The molecule has 2 rings (SSSR count). The summed E-state index contributed by atoms with van der Waals surface area (Å²) in [5.41, 5.74) is 7.14. The van der Waals surface area contributed by atoms with Crippen molar-refractivity contribution in [2.75, 3.05) is 6.61 Å². The number of halogens is 1. The van der Waals surface area contributed by atoms with E-state index in [1.165, 1.54) is 6.07 Å². The van der Waals surface area contributed by atoms with Crippen LogP contribution in [-0.4, -0.2) is 16.2 Å². The molecule has 0 atom stereocenters. The lowest BCUT2D eigenvalue weighted by molar-refractivity contribution is 0.321. The molecule has 0 saturated carbocycles. The van der Waals surface area contributed by atoms with E-state index in [4.69, 9.17) is 10.5 Å². The van der Waals surface area contributed by atoms with Crippen molar-refractivity contribution in [2.24, 2.45) is 12.8 Å². The zero-order valence-electron chi connectivity index (χ0n) is 10.5. The lowest BCUT2D eigenvalue weighted by Crippen LogP contribution is -2.05. The number of rotatable bonds is 4. The fourth-order valence-corrected chi connectivity index (χ4v) is 1.84. The van der Waals surface area contributed by atoms with Gasteiger partial charge in [-0.25, -0.2) is 9.37 Å². The van der Waals surface area contributed by atoms with E-state index in [-0.39, 0.29) is 11.6 Å². The smallest absolute Gasteiger partial charge is 0.165 e. The molecule has 18 heavy (non-hydrogen) atoms. The van der Waals surface area contributed by atoms with Gasteiger partial charge in [0, 0.05) is 12.6 Å². The van der Waals surface area contributed by atoms with Crippen molar-refractivity contribution in [1.82, 2.24) is 9.55 Å². The molecule has 4 nitrogen and oxygen atoms in total. The topological polar surface area (TPSA) is 53.1 Å². The standard InChI is InChI=1S/C13H16FN3O/c1-3-18-12-5-4-9(6-10(12)14)11-8-16-13(7-15)17(11)2/h4-6,8H,3,7,15H2,1-2H3. The maximum absolute atomic E-state index is 13.8. The minimum absolute atomic E-state index is 0.266. The highest BCUT2D eigenvalue weighted by molar-refractivity contribution is 5.60. The normalized spacial score (nSPS) is 10.7. The van der Waals surface area contributed by atoms with E-state index in [0.717, 1.165) is 17.1 Å². The van der Waals surface area contributed by atoms with E-state index in [9.17, 15) is 4.39 Å². The van der Waals surface area contributed by atoms with E-state index in [0.29, 0.717) is 13.2 Å². The summed E-state index contributed by atoms with van der Waals surface area (Å²) in [6.45, 7) is 2.62. The monoisotopic (exact) mass is 249 g/mol. The Labute approximate surface area is 105 Å². The van der Waals surface area contributed by atoms with Gasteiger partial charge in [0.1, 0.15) is 5.82 Å². The molecule has 0 aliphatic heterocycles. The van der Waals surface area contributed by atoms with Gasteiger partial charge in [-0.05, 0) is 25.1 Å². The molecule has 0 aliphatic carbocycles. The summed E-state index contributed by atoms with van der Waals surface area (Å²) < 4.78 is 20.8. The van der Waals surface area contributed by atoms with Crippen LogP contribution in [-0.2, 0) is 13.6 Å². The lowest BCUT2D eigenvalue weighted by atomic mass is 10.1. The van der Waals surface area contributed by atoms with Crippen LogP contribution in [0.25, 0.3) is 11.3 Å². The van der Waals surface area contributed by atoms with Gasteiger partial charge < -0.3 is 15.0 Å². The quantitative estimate of drug-likeness (QED) is 0.902. The minimum atomic E-state index is -0.371. The highest BCUT2D eigenvalue weighted by Crippen LogP contribution is 2.25. The first kappa shape index (κ1) is 12.6. The third-order valence-corrected chi connectivity index (χ3v) is 2.79. The molecular weight excluding hydrogens is 233 g/mol. The van der Waals surface area contributed by atoms with Gasteiger partial charge in [-0.1, -0.05) is 0 Å². The molecule has 0 amide bonds. The van der Waals surface area contributed by atoms with E-state index < -0.39 is 0 Å². The Morgan fingerprint density at radius 1 is 1.44 bits per heavy atom. The van der Waals surface area contributed by atoms with E-state index >= 15 is 0 Å². The van der Waals surface area contributed by atoms with Crippen LogP contribution in [0.5, 0.6) is 5.75 Å². The van der Waals surface area contributed by atoms with Crippen molar-refractivity contribution < 1.29 is 9.13 Å². The van der Waals surface area contributed by atoms with E-state index in [2.05, 4.69) is 4.98 Å². The highest BCUT2D eigenvalue weighted by Gasteiger charge is 2.10.